The number of ether oxygens (including phenoxy) is 2. The first-order chi connectivity index (χ1) is 9.72. The molecule has 1 aliphatic rings. The summed E-state index contributed by atoms with van der Waals surface area (Å²) in [5.74, 6) is 1.09. The number of hydrogen-bond donors (Lipinski definition) is 2. The van der Waals surface area contributed by atoms with E-state index in [-0.39, 0.29) is 18.3 Å². The van der Waals surface area contributed by atoms with Gasteiger partial charge in [0.25, 0.3) is 5.91 Å². The zero-order valence-corrected chi connectivity index (χ0v) is 13.1. The summed E-state index contributed by atoms with van der Waals surface area (Å²) in [6.45, 7) is 2.42. The van der Waals surface area contributed by atoms with Crippen molar-refractivity contribution in [2.24, 2.45) is 0 Å². The van der Waals surface area contributed by atoms with E-state index in [2.05, 4.69) is 16.7 Å². The van der Waals surface area contributed by atoms with E-state index in [0.717, 1.165) is 19.5 Å². The Hall–Kier alpha value is -1.72. The van der Waals surface area contributed by atoms with E-state index in [4.69, 9.17) is 9.47 Å². The number of carbonyl (C=O) groups excluding carboxylic acids is 1. The van der Waals surface area contributed by atoms with Crippen molar-refractivity contribution in [1.29, 1.82) is 0 Å². The van der Waals surface area contributed by atoms with Crippen LogP contribution in [0.1, 0.15) is 16.8 Å². The molecule has 0 saturated heterocycles. The SMILES string of the molecule is COc1cc(OC)cc(C(=O)NCC2=CCNCC2)c1.Cl. The van der Waals surface area contributed by atoms with Crippen LogP contribution in [0.15, 0.2) is 29.8 Å². The summed E-state index contributed by atoms with van der Waals surface area (Å²) < 4.78 is 10.3. The predicted molar refractivity (Wildman–Crippen MR) is 84.7 cm³/mol. The van der Waals surface area contributed by atoms with Gasteiger partial charge in [-0.25, -0.2) is 0 Å². The van der Waals surface area contributed by atoms with Gasteiger partial charge in [0.1, 0.15) is 11.5 Å². The fraction of sp³-hybridized carbons (Fsp3) is 0.400. The quantitative estimate of drug-likeness (QED) is 0.814. The molecular weight excluding hydrogens is 292 g/mol. The van der Waals surface area contributed by atoms with Crippen LogP contribution < -0.4 is 20.1 Å². The average molecular weight is 313 g/mol. The van der Waals surface area contributed by atoms with Crippen molar-refractivity contribution in [3.8, 4) is 11.5 Å². The highest BCUT2D eigenvalue weighted by atomic mass is 35.5. The lowest BCUT2D eigenvalue weighted by atomic mass is 10.1. The van der Waals surface area contributed by atoms with Gasteiger partial charge in [0.15, 0.2) is 0 Å². The first kappa shape index (κ1) is 17.3. The van der Waals surface area contributed by atoms with Gasteiger partial charge in [-0.05, 0) is 25.1 Å². The predicted octanol–water partition coefficient (Wildman–Crippen LogP) is 1.78. The summed E-state index contributed by atoms with van der Waals surface area (Å²) in [5.41, 5.74) is 1.79. The molecule has 0 saturated carbocycles. The summed E-state index contributed by atoms with van der Waals surface area (Å²) in [7, 11) is 3.13. The molecular formula is C15H21ClN2O3. The van der Waals surface area contributed by atoms with Gasteiger partial charge in [-0.15, -0.1) is 12.4 Å². The van der Waals surface area contributed by atoms with E-state index in [1.165, 1.54) is 5.57 Å². The van der Waals surface area contributed by atoms with Gasteiger partial charge in [0.2, 0.25) is 0 Å². The van der Waals surface area contributed by atoms with Gasteiger partial charge >= 0.3 is 0 Å². The van der Waals surface area contributed by atoms with Crippen LogP contribution in [0.25, 0.3) is 0 Å². The molecule has 0 aromatic heterocycles. The molecule has 0 aliphatic carbocycles. The highest BCUT2D eigenvalue weighted by Gasteiger charge is 2.11. The number of amides is 1. The molecule has 0 fully saturated rings. The molecule has 0 bridgehead atoms. The molecule has 21 heavy (non-hydrogen) atoms. The molecule has 0 unspecified atom stereocenters. The molecule has 1 heterocycles. The highest BCUT2D eigenvalue weighted by molar-refractivity contribution is 5.95. The summed E-state index contributed by atoms with van der Waals surface area (Å²) in [5, 5.41) is 6.17. The fourth-order valence-electron chi connectivity index (χ4n) is 2.06. The third-order valence-corrected chi connectivity index (χ3v) is 3.25. The van der Waals surface area contributed by atoms with Crippen LogP contribution in [0, 0.1) is 0 Å². The first-order valence-electron chi connectivity index (χ1n) is 6.63. The van der Waals surface area contributed by atoms with Crippen molar-refractivity contribution < 1.29 is 14.3 Å². The standard InChI is InChI=1S/C15H20N2O3.ClH/c1-19-13-7-12(8-14(9-13)20-2)15(18)17-10-11-3-5-16-6-4-11;/h3,7-9,16H,4-6,10H2,1-2H3,(H,17,18);1H. The zero-order valence-electron chi connectivity index (χ0n) is 12.3. The highest BCUT2D eigenvalue weighted by Crippen LogP contribution is 2.22. The minimum atomic E-state index is -0.123. The summed E-state index contributed by atoms with van der Waals surface area (Å²) in [4.78, 5) is 12.2. The lowest BCUT2D eigenvalue weighted by Gasteiger charge is -2.15. The molecule has 5 nitrogen and oxygen atoms in total. The van der Waals surface area contributed by atoms with Gasteiger partial charge in [0.05, 0.1) is 14.2 Å². The van der Waals surface area contributed by atoms with Gasteiger partial charge in [-0.1, -0.05) is 11.6 Å². The molecule has 2 rings (SSSR count). The van der Waals surface area contributed by atoms with Crippen LogP contribution in [0.5, 0.6) is 11.5 Å². The first-order valence-corrected chi connectivity index (χ1v) is 6.63. The largest absolute Gasteiger partial charge is 0.497 e. The maximum absolute atomic E-state index is 12.2. The number of rotatable bonds is 5. The van der Waals surface area contributed by atoms with Gasteiger partial charge in [-0.3, -0.25) is 4.79 Å². The molecule has 1 aliphatic heterocycles. The molecule has 1 amide bonds. The molecule has 2 N–H and O–H groups in total. The van der Waals surface area contributed by atoms with Crippen molar-refractivity contribution in [2.45, 2.75) is 6.42 Å². The fourth-order valence-corrected chi connectivity index (χ4v) is 2.06. The normalized spacial score (nSPS) is 13.7. The lowest BCUT2D eigenvalue weighted by Crippen LogP contribution is -2.29. The molecule has 0 atom stereocenters. The Balaban J connectivity index is 0.00000220. The van der Waals surface area contributed by atoms with Crippen LogP contribution >= 0.6 is 12.4 Å². The second kappa shape index (κ2) is 8.54. The van der Waals surface area contributed by atoms with E-state index in [1.807, 2.05) is 0 Å². The second-order valence-corrected chi connectivity index (χ2v) is 4.60. The number of methoxy groups -OCH3 is 2. The van der Waals surface area contributed by atoms with Crippen LogP contribution in [0.4, 0.5) is 0 Å². The topological polar surface area (TPSA) is 59.6 Å². The smallest absolute Gasteiger partial charge is 0.251 e. The van der Waals surface area contributed by atoms with Crippen LogP contribution in [0.2, 0.25) is 0 Å². The lowest BCUT2D eigenvalue weighted by molar-refractivity contribution is 0.0956. The third kappa shape index (κ3) is 4.95. The maximum atomic E-state index is 12.2. The molecule has 0 spiro atoms. The summed E-state index contributed by atoms with van der Waals surface area (Å²) in [6.07, 6.45) is 3.09. The molecule has 6 heteroatoms. The van der Waals surface area contributed by atoms with Crippen molar-refractivity contribution in [1.82, 2.24) is 10.6 Å². The van der Waals surface area contributed by atoms with Gasteiger partial charge in [0, 0.05) is 24.7 Å². The van der Waals surface area contributed by atoms with E-state index in [9.17, 15) is 4.79 Å². The Morgan fingerprint density at radius 3 is 2.43 bits per heavy atom. The molecule has 1 aromatic carbocycles. The minimum Gasteiger partial charge on any atom is -0.497 e. The zero-order chi connectivity index (χ0) is 14.4. The Morgan fingerprint density at radius 1 is 1.24 bits per heavy atom. The average Bonchev–Trinajstić information content (AvgIpc) is 2.52. The number of benzene rings is 1. The van der Waals surface area contributed by atoms with Crippen molar-refractivity contribution in [3.63, 3.8) is 0 Å². The maximum Gasteiger partial charge on any atom is 0.251 e. The van der Waals surface area contributed by atoms with Crippen molar-refractivity contribution in [2.75, 3.05) is 33.9 Å². The van der Waals surface area contributed by atoms with E-state index in [1.54, 1.807) is 32.4 Å². The Bertz CT molecular complexity index is 495. The van der Waals surface area contributed by atoms with Gasteiger partial charge < -0.3 is 20.1 Å². The van der Waals surface area contributed by atoms with Crippen molar-refractivity contribution >= 4 is 18.3 Å². The van der Waals surface area contributed by atoms with E-state index < -0.39 is 0 Å². The second-order valence-electron chi connectivity index (χ2n) is 4.60. The van der Waals surface area contributed by atoms with Crippen molar-refractivity contribution in [3.05, 3.63) is 35.4 Å². The van der Waals surface area contributed by atoms with E-state index >= 15 is 0 Å². The Labute approximate surface area is 131 Å². The molecule has 1 aromatic rings. The Kier molecular flexibility index (Phi) is 7.05. The third-order valence-electron chi connectivity index (χ3n) is 3.25. The number of nitrogens with one attached hydrogen (secondary N) is 2. The minimum absolute atomic E-state index is 0. The van der Waals surface area contributed by atoms with Crippen LogP contribution in [-0.4, -0.2) is 39.8 Å². The van der Waals surface area contributed by atoms with E-state index in [0.29, 0.717) is 23.6 Å². The summed E-state index contributed by atoms with van der Waals surface area (Å²) >= 11 is 0. The van der Waals surface area contributed by atoms with Crippen LogP contribution in [0.3, 0.4) is 0 Å². The molecule has 0 radical (unpaired) electrons. The number of hydrogen-bond acceptors (Lipinski definition) is 4. The summed E-state index contributed by atoms with van der Waals surface area (Å²) in [6, 6.07) is 5.15. The number of halogens is 1. The number of carbonyl (C=O) groups is 1. The molecule has 116 valence electrons. The van der Waals surface area contributed by atoms with Crippen LogP contribution in [-0.2, 0) is 0 Å². The Morgan fingerprint density at radius 2 is 1.90 bits per heavy atom. The monoisotopic (exact) mass is 312 g/mol. The van der Waals surface area contributed by atoms with Gasteiger partial charge in [-0.2, -0.15) is 0 Å².